The van der Waals surface area contributed by atoms with Gasteiger partial charge in [0.05, 0.1) is 5.92 Å². The summed E-state index contributed by atoms with van der Waals surface area (Å²) in [6.07, 6.45) is 6.27. The summed E-state index contributed by atoms with van der Waals surface area (Å²) in [6, 6.07) is -0.150. The number of aliphatic carboxylic acids is 1. The zero-order valence-electron chi connectivity index (χ0n) is 13.9. The van der Waals surface area contributed by atoms with E-state index in [-0.39, 0.29) is 18.6 Å². The molecule has 21 heavy (non-hydrogen) atoms. The van der Waals surface area contributed by atoms with Gasteiger partial charge in [0, 0.05) is 12.6 Å². The topological polar surface area (TPSA) is 78.4 Å². The van der Waals surface area contributed by atoms with Crippen molar-refractivity contribution in [3.05, 3.63) is 0 Å². The zero-order valence-corrected chi connectivity index (χ0v) is 13.9. The molecule has 0 bridgehead atoms. The first kappa shape index (κ1) is 19.7. The molecule has 2 amide bonds. The molecular weight excluding hydrogens is 268 g/mol. The Morgan fingerprint density at radius 2 is 1.76 bits per heavy atom. The first-order valence-corrected chi connectivity index (χ1v) is 8.13. The van der Waals surface area contributed by atoms with Gasteiger partial charge in [-0.15, -0.1) is 0 Å². The third kappa shape index (κ3) is 11.1. The molecule has 0 aliphatic heterocycles. The summed E-state index contributed by atoms with van der Waals surface area (Å²) in [5.74, 6) is -1.07. The Morgan fingerprint density at radius 1 is 1.10 bits per heavy atom. The summed E-state index contributed by atoms with van der Waals surface area (Å²) in [7, 11) is 0. The van der Waals surface area contributed by atoms with E-state index >= 15 is 0 Å². The van der Waals surface area contributed by atoms with E-state index in [0.29, 0.717) is 12.3 Å². The molecule has 0 heterocycles. The van der Waals surface area contributed by atoms with Crippen LogP contribution >= 0.6 is 0 Å². The molecule has 0 aliphatic rings. The van der Waals surface area contributed by atoms with E-state index in [4.69, 9.17) is 5.11 Å². The van der Waals surface area contributed by atoms with Gasteiger partial charge in [-0.1, -0.05) is 46.5 Å². The van der Waals surface area contributed by atoms with Crippen LogP contribution in [0, 0.1) is 11.8 Å². The Bertz CT molecular complexity index is 306. The lowest BCUT2D eigenvalue weighted by Crippen LogP contribution is -2.43. The summed E-state index contributed by atoms with van der Waals surface area (Å²) < 4.78 is 0. The van der Waals surface area contributed by atoms with Crippen molar-refractivity contribution in [2.24, 2.45) is 11.8 Å². The minimum Gasteiger partial charge on any atom is -0.481 e. The van der Waals surface area contributed by atoms with Gasteiger partial charge in [-0.05, 0) is 25.7 Å². The fourth-order valence-corrected chi connectivity index (χ4v) is 2.28. The highest BCUT2D eigenvalue weighted by molar-refractivity contribution is 5.76. The maximum absolute atomic E-state index is 11.7. The van der Waals surface area contributed by atoms with E-state index in [2.05, 4.69) is 17.6 Å². The number of hydrogen-bond donors (Lipinski definition) is 3. The number of carboxylic acids is 1. The van der Waals surface area contributed by atoms with Crippen LogP contribution in [-0.4, -0.2) is 29.7 Å². The number of carbonyl (C=O) groups excluding carboxylic acids is 1. The molecule has 0 fully saturated rings. The molecule has 2 unspecified atom stereocenters. The van der Waals surface area contributed by atoms with Crippen LogP contribution in [0.3, 0.4) is 0 Å². The molecule has 0 aromatic heterocycles. The molecule has 0 aliphatic carbocycles. The van der Waals surface area contributed by atoms with Crippen LogP contribution in [0.15, 0.2) is 0 Å². The Labute approximate surface area is 128 Å². The van der Waals surface area contributed by atoms with E-state index in [9.17, 15) is 9.59 Å². The standard InChI is InChI=1S/C16H32N2O3/c1-5-6-7-8-9-13(4)18-16(21)17-11-14(15(19)20)10-12(2)3/h12-14H,5-11H2,1-4H3,(H,19,20)(H2,17,18,21). The molecule has 3 N–H and O–H groups in total. The highest BCUT2D eigenvalue weighted by Gasteiger charge is 2.19. The molecule has 5 heteroatoms. The number of unbranched alkanes of at least 4 members (excludes halogenated alkanes) is 3. The Morgan fingerprint density at radius 3 is 2.29 bits per heavy atom. The Hall–Kier alpha value is -1.26. The monoisotopic (exact) mass is 300 g/mol. The van der Waals surface area contributed by atoms with Crippen molar-refractivity contribution in [2.75, 3.05) is 6.54 Å². The van der Waals surface area contributed by atoms with Gasteiger partial charge in [-0.3, -0.25) is 4.79 Å². The number of carbonyl (C=O) groups is 2. The van der Waals surface area contributed by atoms with Gasteiger partial charge in [0.15, 0.2) is 0 Å². The second-order valence-electron chi connectivity index (χ2n) is 6.27. The molecule has 0 aromatic carbocycles. The summed E-state index contributed by atoms with van der Waals surface area (Å²) >= 11 is 0. The van der Waals surface area contributed by atoms with Gasteiger partial charge in [0.1, 0.15) is 0 Å². The molecule has 0 saturated heterocycles. The molecule has 0 aromatic rings. The third-order valence-corrected chi connectivity index (χ3v) is 3.48. The smallest absolute Gasteiger partial charge is 0.315 e. The first-order valence-electron chi connectivity index (χ1n) is 8.13. The van der Waals surface area contributed by atoms with Crippen LogP contribution in [0.4, 0.5) is 4.79 Å². The van der Waals surface area contributed by atoms with Gasteiger partial charge in [0.25, 0.3) is 0 Å². The number of nitrogens with one attached hydrogen (secondary N) is 2. The van der Waals surface area contributed by atoms with Gasteiger partial charge in [0.2, 0.25) is 0 Å². The predicted octanol–water partition coefficient (Wildman–Crippen LogP) is 3.39. The second kappa shape index (κ2) is 11.4. The van der Waals surface area contributed by atoms with Crippen LogP contribution in [-0.2, 0) is 4.79 Å². The maximum atomic E-state index is 11.7. The molecule has 0 radical (unpaired) electrons. The van der Waals surface area contributed by atoms with E-state index in [0.717, 1.165) is 12.8 Å². The highest BCUT2D eigenvalue weighted by atomic mass is 16.4. The number of amides is 2. The van der Waals surface area contributed by atoms with Crippen LogP contribution in [0.2, 0.25) is 0 Å². The van der Waals surface area contributed by atoms with Crippen molar-refractivity contribution < 1.29 is 14.7 Å². The van der Waals surface area contributed by atoms with E-state index in [1.165, 1.54) is 19.3 Å². The first-order chi connectivity index (χ1) is 9.86. The number of rotatable bonds is 11. The highest BCUT2D eigenvalue weighted by Crippen LogP contribution is 2.11. The quantitative estimate of drug-likeness (QED) is 0.512. The Kier molecular flexibility index (Phi) is 10.7. The lowest BCUT2D eigenvalue weighted by molar-refractivity contribution is -0.142. The lowest BCUT2D eigenvalue weighted by Gasteiger charge is -2.18. The summed E-state index contributed by atoms with van der Waals surface area (Å²) in [5.41, 5.74) is 0. The van der Waals surface area contributed by atoms with Crippen molar-refractivity contribution in [1.82, 2.24) is 10.6 Å². The fourth-order valence-electron chi connectivity index (χ4n) is 2.28. The summed E-state index contributed by atoms with van der Waals surface area (Å²) in [5, 5.41) is 14.6. The van der Waals surface area contributed by atoms with Gasteiger partial charge in [-0.2, -0.15) is 0 Å². The van der Waals surface area contributed by atoms with Crippen LogP contribution in [0.25, 0.3) is 0 Å². The molecule has 0 rings (SSSR count). The zero-order chi connectivity index (χ0) is 16.3. The van der Waals surface area contributed by atoms with E-state index < -0.39 is 11.9 Å². The summed E-state index contributed by atoms with van der Waals surface area (Å²) in [6.45, 7) is 8.30. The second-order valence-corrected chi connectivity index (χ2v) is 6.27. The SMILES string of the molecule is CCCCCCC(C)NC(=O)NCC(CC(C)C)C(=O)O. The van der Waals surface area contributed by atoms with E-state index in [1.807, 2.05) is 20.8 Å². The van der Waals surface area contributed by atoms with Crippen molar-refractivity contribution in [3.8, 4) is 0 Å². The van der Waals surface area contributed by atoms with Crippen LogP contribution in [0.5, 0.6) is 0 Å². The minimum absolute atomic E-state index is 0.121. The molecular formula is C16H32N2O3. The van der Waals surface area contributed by atoms with Crippen LogP contribution in [0.1, 0.15) is 66.2 Å². The summed E-state index contributed by atoms with van der Waals surface area (Å²) in [4.78, 5) is 22.8. The Balaban J connectivity index is 3.93. The average molecular weight is 300 g/mol. The van der Waals surface area contributed by atoms with Crippen LogP contribution < -0.4 is 10.6 Å². The molecule has 0 saturated carbocycles. The predicted molar refractivity (Wildman–Crippen MR) is 85.3 cm³/mol. The maximum Gasteiger partial charge on any atom is 0.315 e. The molecule has 0 spiro atoms. The van der Waals surface area contributed by atoms with Crippen molar-refractivity contribution in [2.45, 2.75) is 72.3 Å². The third-order valence-electron chi connectivity index (χ3n) is 3.48. The van der Waals surface area contributed by atoms with Gasteiger partial charge in [-0.25, -0.2) is 4.79 Å². The van der Waals surface area contributed by atoms with Crippen molar-refractivity contribution in [3.63, 3.8) is 0 Å². The van der Waals surface area contributed by atoms with Crippen molar-refractivity contribution >= 4 is 12.0 Å². The molecule has 5 nitrogen and oxygen atoms in total. The number of hydrogen-bond acceptors (Lipinski definition) is 2. The largest absolute Gasteiger partial charge is 0.481 e. The van der Waals surface area contributed by atoms with Gasteiger partial charge < -0.3 is 15.7 Å². The molecule has 124 valence electrons. The van der Waals surface area contributed by atoms with Crippen molar-refractivity contribution in [1.29, 1.82) is 0 Å². The number of carboxylic acid groups (broad SMARTS) is 1. The normalized spacial score (nSPS) is 13.8. The van der Waals surface area contributed by atoms with Gasteiger partial charge >= 0.3 is 12.0 Å². The minimum atomic E-state index is -0.850. The van der Waals surface area contributed by atoms with E-state index in [1.54, 1.807) is 0 Å². The molecule has 2 atom stereocenters. The number of urea groups is 1. The average Bonchev–Trinajstić information content (AvgIpc) is 2.38. The fraction of sp³-hybridized carbons (Fsp3) is 0.875. The lowest BCUT2D eigenvalue weighted by atomic mass is 9.97.